The van der Waals surface area contributed by atoms with E-state index in [9.17, 15) is 18.0 Å². The van der Waals surface area contributed by atoms with E-state index in [0.717, 1.165) is 12.1 Å². The monoisotopic (exact) mass is 255 g/mol. The third kappa shape index (κ3) is 2.37. The molecule has 0 bridgehead atoms. The summed E-state index contributed by atoms with van der Waals surface area (Å²) in [5.74, 6) is -1.16. The number of rotatable bonds is 2. The van der Waals surface area contributed by atoms with Gasteiger partial charge in [-0.15, -0.1) is 0 Å². The topological polar surface area (TPSA) is 53.1 Å². The molecule has 0 radical (unpaired) electrons. The van der Waals surface area contributed by atoms with Crippen LogP contribution in [-0.4, -0.2) is 16.1 Å². The molecule has 2 aromatic rings. The molecule has 18 heavy (non-hydrogen) atoms. The lowest BCUT2D eigenvalue weighted by Crippen LogP contribution is -2.04. The van der Waals surface area contributed by atoms with Crippen molar-refractivity contribution in [2.45, 2.75) is 6.18 Å². The Hall–Kier alpha value is -2.24. The Morgan fingerprint density at radius 2 is 1.89 bits per heavy atom. The SMILES string of the molecule is O=C(O)c1ccc(-c2cccc(C(F)(F)F)c2)[nH]1. The van der Waals surface area contributed by atoms with Gasteiger partial charge in [0.15, 0.2) is 0 Å². The minimum atomic E-state index is -4.42. The van der Waals surface area contributed by atoms with Gasteiger partial charge in [0.1, 0.15) is 5.69 Å². The molecule has 0 aliphatic rings. The second kappa shape index (κ2) is 4.21. The second-order valence-corrected chi connectivity index (χ2v) is 3.67. The van der Waals surface area contributed by atoms with Crippen LogP contribution in [0.15, 0.2) is 36.4 Å². The van der Waals surface area contributed by atoms with Gasteiger partial charge in [-0.25, -0.2) is 4.79 Å². The number of alkyl halides is 3. The van der Waals surface area contributed by atoms with Crippen LogP contribution in [0.1, 0.15) is 16.1 Å². The average molecular weight is 255 g/mol. The lowest BCUT2D eigenvalue weighted by molar-refractivity contribution is -0.137. The average Bonchev–Trinajstić information content (AvgIpc) is 2.77. The first-order valence-electron chi connectivity index (χ1n) is 4.98. The molecule has 1 aromatic heterocycles. The van der Waals surface area contributed by atoms with Crippen molar-refractivity contribution in [1.82, 2.24) is 4.98 Å². The van der Waals surface area contributed by atoms with E-state index in [4.69, 9.17) is 5.11 Å². The molecular weight excluding hydrogens is 247 g/mol. The number of benzene rings is 1. The van der Waals surface area contributed by atoms with Crippen molar-refractivity contribution in [1.29, 1.82) is 0 Å². The van der Waals surface area contributed by atoms with Crippen LogP contribution in [0.5, 0.6) is 0 Å². The molecule has 0 atom stereocenters. The number of aromatic amines is 1. The predicted octanol–water partition coefficient (Wildman–Crippen LogP) is 3.40. The fourth-order valence-electron chi connectivity index (χ4n) is 1.55. The summed E-state index contributed by atoms with van der Waals surface area (Å²) < 4.78 is 37.5. The molecular formula is C12H8F3NO2. The molecule has 0 aliphatic heterocycles. The Morgan fingerprint density at radius 1 is 1.17 bits per heavy atom. The number of aromatic nitrogens is 1. The van der Waals surface area contributed by atoms with E-state index in [1.54, 1.807) is 0 Å². The van der Waals surface area contributed by atoms with Crippen molar-refractivity contribution in [3.8, 4) is 11.3 Å². The highest BCUT2D eigenvalue weighted by Crippen LogP contribution is 2.31. The van der Waals surface area contributed by atoms with Crippen LogP contribution in [0.4, 0.5) is 13.2 Å². The Labute approximate surface area is 99.9 Å². The standard InChI is InChI=1S/C12H8F3NO2/c13-12(14,15)8-3-1-2-7(6-8)9-4-5-10(16-9)11(17)18/h1-6,16H,(H,17,18). The summed E-state index contributed by atoms with van der Waals surface area (Å²) in [6.07, 6.45) is -4.42. The summed E-state index contributed by atoms with van der Waals surface area (Å²) in [5, 5.41) is 8.72. The van der Waals surface area contributed by atoms with E-state index in [1.165, 1.54) is 24.3 Å². The Bertz CT molecular complexity index is 587. The van der Waals surface area contributed by atoms with Crippen LogP contribution in [0.25, 0.3) is 11.3 Å². The fraction of sp³-hybridized carbons (Fsp3) is 0.0833. The molecule has 0 amide bonds. The number of H-pyrrole nitrogens is 1. The molecule has 6 heteroatoms. The highest BCUT2D eigenvalue weighted by Gasteiger charge is 2.30. The summed E-state index contributed by atoms with van der Waals surface area (Å²) in [5.41, 5.74) is -0.218. The van der Waals surface area contributed by atoms with Gasteiger partial charge in [-0.05, 0) is 29.8 Å². The minimum Gasteiger partial charge on any atom is -0.477 e. The summed E-state index contributed by atoms with van der Waals surface area (Å²) in [6, 6.07) is 7.42. The summed E-state index contributed by atoms with van der Waals surface area (Å²) >= 11 is 0. The third-order valence-corrected chi connectivity index (χ3v) is 2.42. The number of halogens is 3. The largest absolute Gasteiger partial charge is 0.477 e. The molecule has 3 nitrogen and oxygen atoms in total. The van der Waals surface area contributed by atoms with Crippen LogP contribution >= 0.6 is 0 Å². The van der Waals surface area contributed by atoms with Gasteiger partial charge in [0.25, 0.3) is 0 Å². The molecule has 94 valence electrons. The number of aromatic carboxylic acids is 1. The zero-order valence-corrected chi connectivity index (χ0v) is 8.95. The molecule has 0 spiro atoms. The summed E-state index contributed by atoms with van der Waals surface area (Å²) in [7, 11) is 0. The van der Waals surface area contributed by atoms with E-state index < -0.39 is 17.7 Å². The lowest BCUT2D eigenvalue weighted by Gasteiger charge is -2.07. The zero-order chi connectivity index (χ0) is 13.3. The number of carbonyl (C=O) groups is 1. The third-order valence-electron chi connectivity index (χ3n) is 2.42. The Kier molecular flexibility index (Phi) is 2.86. The molecule has 2 rings (SSSR count). The van der Waals surface area contributed by atoms with Crippen LogP contribution < -0.4 is 0 Å². The Morgan fingerprint density at radius 3 is 2.44 bits per heavy atom. The first kappa shape index (κ1) is 12.2. The number of hydrogen-bond donors (Lipinski definition) is 2. The molecule has 0 saturated heterocycles. The minimum absolute atomic E-state index is 0.0672. The number of carboxylic acids is 1. The van der Waals surface area contributed by atoms with Gasteiger partial charge < -0.3 is 10.1 Å². The molecule has 1 heterocycles. The molecule has 0 saturated carbocycles. The lowest BCUT2D eigenvalue weighted by atomic mass is 10.1. The van der Waals surface area contributed by atoms with Crippen molar-refractivity contribution in [3.63, 3.8) is 0 Å². The normalized spacial score (nSPS) is 11.5. The van der Waals surface area contributed by atoms with Crippen LogP contribution in [0, 0.1) is 0 Å². The van der Waals surface area contributed by atoms with Crippen molar-refractivity contribution in [2.24, 2.45) is 0 Å². The molecule has 2 N–H and O–H groups in total. The first-order valence-corrected chi connectivity index (χ1v) is 4.98. The highest BCUT2D eigenvalue weighted by atomic mass is 19.4. The number of hydrogen-bond acceptors (Lipinski definition) is 1. The van der Waals surface area contributed by atoms with E-state index in [0.29, 0.717) is 5.69 Å². The van der Waals surface area contributed by atoms with Gasteiger partial charge in [-0.3, -0.25) is 0 Å². The molecule has 0 aliphatic carbocycles. The summed E-state index contributed by atoms with van der Waals surface area (Å²) in [4.78, 5) is 13.2. The van der Waals surface area contributed by atoms with E-state index in [1.807, 2.05) is 0 Å². The van der Waals surface area contributed by atoms with Crippen molar-refractivity contribution in [2.75, 3.05) is 0 Å². The maximum Gasteiger partial charge on any atom is 0.416 e. The van der Waals surface area contributed by atoms with Gasteiger partial charge in [0.05, 0.1) is 5.56 Å². The maximum atomic E-state index is 12.5. The van der Waals surface area contributed by atoms with Gasteiger partial charge in [-0.1, -0.05) is 12.1 Å². The van der Waals surface area contributed by atoms with Gasteiger partial charge in [-0.2, -0.15) is 13.2 Å². The molecule has 0 fully saturated rings. The van der Waals surface area contributed by atoms with E-state index in [2.05, 4.69) is 4.98 Å². The van der Waals surface area contributed by atoms with Gasteiger partial charge >= 0.3 is 12.1 Å². The molecule has 0 unspecified atom stereocenters. The van der Waals surface area contributed by atoms with Crippen LogP contribution in [0.3, 0.4) is 0 Å². The highest BCUT2D eigenvalue weighted by molar-refractivity contribution is 5.86. The summed E-state index contributed by atoms with van der Waals surface area (Å²) in [6.45, 7) is 0. The first-order chi connectivity index (χ1) is 8.38. The molecule has 1 aromatic carbocycles. The van der Waals surface area contributed by atoms with Gasteiger partial charge in [0, 0.05) is 5.69 Å². The van der Waals surface area contributed by atoms with Crippen molar-refractivity contribution < 1.29 is 23.1 Å². The quantitative estimate of drug-likeness (QED) is 0.864. The second-order valence-electron chi connectivity index (χ2n) is 3.67. The van der Waals surface area contributed by atoms with Crippen LogP contribution in [-0.2, 0) is 6.18 Å². The van der Waals surface area contributed by atoms with E-state index >= 15 is 0 Å². The predicted molar refractivity (Wildman–Crippen MR) is 58.2 cm³/mol. The van der Waals surface area contributed by atoms with Crippen molar-refractivity contribution >= 4 is 5.97 Å². The van der Waals surface area contributed by atoms with Crippen LogP contribution in [0.2, 0.25) is 0 Å². The fourth-order valence-corrected chi connectivity index (χ4v) is 1.55. The van der Waals surface area contributed by atoms with E-state index in [-0.39, 0.29) is 11.3 Å². The number of carboxylic acid groups (broad SMARTS) is 1. The Balaban J connectivity index is 2.41. The smallest absolute Gasteiger partial charge is 0.416 e. The van der Waals surface area contributed by atoms with Gasteiger partial charge in [0.2, 0.25) is 0 Å². The van der Waals surface area contributed by atoms with Crippen molar-refractivity contribution in [3.05, 3.63) is 47.7 Å². The number of nitrogens with one attached hydrogen (secondary N) is 1. The maximum absolute atomic E-state index is 12.5. The zero-order valence-electron chi connectivity index (χ0n) is 8.95.